The molecule has 1 N–H and O–H groups in total. The maximum absolute atomic E-state index is 13.4. The summed E-state index contributed by atoms with van der Waals surface area (Å²) in [6.45, 7) is 1.34. The minimum absolute atomic E-state index is 0.0261. The van der Waals surface area contributed by atoms with E-state index < -0.39 is 11.7 Å². The van der Waals surface area contributed by atoms with E-state index in [4.69, 9.17) is 16.3 Å². The van der Waals surface area contributed by atoms with Crippen LogP contribution in [0.2, 0.25) is 5.02 Å². The second kappa shape index (κ2) is 5.67. The number of hydrogen-bond donors (Lipinski definition) is 1. The van der Waals surface area contributed by atoms with Crippen molar-refractivity contribution in [3.05, 3.63) is 40.0 Å². The first-order chi connectivity index (χ1) is 11.4. The van der Waals surface area contributed by atoms with Gasteiger partial charge in [0.15, 0.2) is 0 Å². The van der Waals surface area contributed by atoms with Crippen molar-refractivity contribution >= 4 is 17.4 Å². The molecule has 2 aliphatic heterocycles. The molecule has 1 aromatic carbocycles. The number of nitrogens with one attached hydrogen (secondary N) is 1. The molecule has 0 radical (unpaired) electrons. The quantitative estimate of drug-likeness (QED) is 0.867. The van der Waals surface area contributed by atoms with Gasteiger partial charge in [-0.05, 0) is 37.5 Å². The summed E-state index contributed by atoms with van der Waals surface area (Å²) < 4.78 is 47.3. The molecular weight excluding hydrogens is 343 g/mol. The Morgan fingerprint density at radius 3 is 2.88 bits per heavy atom. The van der Waals surface area contributed by atoms with E-state index in [0.717, 1.165) is 36.6 Å². The molecule has 0 spiro atoms. The van der Waals surface area contributed by atoms with Crippen LogP contribution in [-0.2, 0) is 17.3 Å². The molecule has 2 aromatic rings. The molecule has 1 saturated heterocycles. The summed E-state index contributed by atoms with van der Waals surface area (Å²) in [5, 5.41) is 7.67. The molecule has 24 heavy (non-hydrogen) atoms. The van der Waals surface area contributed by atoms with Crippen molar-refractivity contribution in [2.45, 2.75) is 31.5 Å². The monoisotopic (exact) mass is 357 g/mol. The van der Waals surface area contributed by atoms with Crippen LogP contribution in [0.1, 0.15) is 35.8 Å². The number of nitrogens with zero attached hydrogens (tertiary/aromatic N) is 2. The topological polar surface area (TPSA) is 39.1 Å². The van der Waals surface area contributed by atoms with Crippen molar-refractivity contribution in [2.24, 2.45) is 0 Å². The molecule has 1 atom stereocenters. The summed E-state index contributed by atoms with van der Waals surface area (Å²) >= 11 is 5.77. The van der Waals surface area contributed by atoms with Crippen LogP contribution in [0.4, 0.5) is 19.0 Å². The number of aromatic nitrogens is 2. The predicted octanol–water partition coefficient (Wildman–Crippen LogP) is 4.36. The molecule has 2 aliphatic rings. The molecule has 0 amide bonds. The zero-order chi connectivity index (χ0) is 16.9. The SMILES string of the molecule is FC(F)(F)c1cc(Cl)ccc1-n1nc(C2CCCO2)c2c1NCC2. The summed E-state index contributed by atoms with van der Waals surface area (Å²) in [5.74, 6) is 0.619. The van der Waals surface area contributed by atoms with E-state index in [1.54, 1.807) is 0 Å². The number of halogens is 4. The van der Waals surface area contributed by atoms with Gasteiger partial charge in [0.1, 0.15) is 11.9 Å². The number of hydrogen-bond acceptors (Lipinski definition) is 3. The van der Waals surface area contributed by atoms with Crippen LogP contribution in [0.3, 0.4) is 0 Å². The van der Waals surface area contributed by atoms with E-state index in [9.17, 15) is 13.2 Å². The molecule has 8 heteroatoms. The Morgan fingerprint density at radius 2 is 2.17 bits per heavy atom. The van der Waals surface area contributed by atoms with E-state index in [0.29, 0.717) is 19.0 Å². The highest BCUT2D eigenvalue weighted by atomic mass is 35.5. The first kappa shape index (κ1) is 15.8. The third-order valence-corrected chi connectivity index (χ3v) is 4.64. The minimum Gasteiger partial charge on any atom is -0.372 e. The summed E-state index contributed by atoms with van der Waals surface area (Å²) in [7, 11) is 0. The average Bonchev–Trinajstić information content (AvgIpc) is 3.23. The molecular formula is C16H15ClF3N3O. The normalized spacial score (nSPS) is 20.2. The maximum atomic E-state index is 13.4. The lowest BCUT2D eigenvalue weighted by atomic mass is 10.1. The van der Waals surface area contributed by atoms with Gasteiger partial charge < -0.3 is 10.1 Å². The second-order valence-corrected chi connectivity index (χ2v) is 6.40. The Kier molecular flexibility index (Phi) is 3.73. The van der Waals surface area contributed by atoms with Crippen molar-refractivity contribution in [1.29, 1.82) is 0 Å². The number of ether oxygens (including phenoxy) is 1. The average molecular weight is 358 g/mol. The van der Waals surface area contributed by atoms with Crippen molar-refractivity contribution < 1.29 is 17.9 Å². The fourth-order valence-corrected chi connectivity index (χ4v) is 3.52. The van der Waals surface area contributed by atoms with Crippen LogP contribution < -0.4 is 5.32 Å². The van der Waals surface area contributed by atoms with Gasteiger partial charge in [0.2, 0.25) is 0 Å². The number of fused-ring (bicyclic) bond motifs is 1. The molecule has 4 rings (SSSR count). The number of benzene rings is 1. The molecule has 3 heterocycles. The van der Waals surface area contributed by atoms with Crippen LogP contribution in [0.15, 0.2) is 18.2 Å². The van der Waals surface area contributed by atoms with Gasteiger partial charge in [-0.1, -0.05) is 11.6 Å². The van der Waals surface area contributed by atoms with Crippen LogP contribution in [0, 0.1) is 0 Å². The molecule has 128 valence electrons. The lowest BCUT2D eigenvalue weighted by molar-refractivity contribution is -0.137. The van der Waals surface area contributed by atoms with Crippen molar-refractivity contribution in [3.63, 3.8) is 0 Å². The third-order valence-electron chi connectivity index (χ3n) is 4.41. The molecule has 1 fully saturated rings. The number of alkyl halides is 3. The van der Waals surface area contributed by atoms with E-state index in [2.05, 4.69) is 10.4 Å². The van der Waals surface area contributed by atoms with Gasteiger partial charge in [0, 0.05) is 23.7 Å². The van der Waals surface area contributed by atoms with E-state index in [-0.39, 0.29) is 16.8 Å². The van der Waals surface area contributed by atoms with Crippen LogP contribution in [-0.4, -0.2) is 22.9 Å². The first-order valence-corrected chi connectivity index (χ1v) is 8.17. The fraction of sp³-hybridized carbons (Fsp3) is 0.438. The summed E-state index contributed by atoms with van der Waals surface area (Å²) in [6.07, 6.45) is -2.13. The number of rotatable bonds is 2. The summed E-state index contributed by atoms with van der Waals surface area (Å²) in [4.78, 5) is 0. The summed E-state index contributed by atoms with van der Waals surface area (Å²) in [5.41, 5.74) is 0.871. The van der Waals surface area contributed by atoms with E-state index in [1.807, 2.05) is 0 Å². The minimum atomic E-state index is -4.51. The highest BCUT2D eigenvalue weighted by Crippen LogP contribution is 2.40. The van der Waals surface area contributed by atoms with Gasteiger partial charge in [-0.2, -0.15) is 18.3 Å². The molecule has 4 nitrogen and oxygen atoms in total. The molecule has 0 saturated carbocycles. The Bertz CT molecular complexity index is 782. The second-order valence-electron chi connectivity index (χ2n) is 5.96. The smallest absolute Gasteiger partial charge is 0.372 e. The van der Waals surface area contributed by atoms with Crippen LogP contribution >= 0.6 is 11.6 Å². The highest BCUT2D eigenvalue weighted by Gasteiger charge is 2.37. The lowest BCUT2D eigenvalue weighted by Crippen LogP contribution is -2.13. The van der Waals surface area contributed by atoms with E-state index >= 15 is 0 Å². The van der Waals surface area contributed by atoms with Gasteiger partial charge in [0.05, 0.1) is 16.9 Å². The predicted molar refractivity (Wildman–Crippen MR) is 83.7 cm³/mol. The third kappa shape index (κ3) is 2.56. The van der Waals surface area contributed by atoms with Crippen LogP contribution in [0.5, 0.6) is 0 Å². The van der Waals surface area contributed by atoms with Crippen molar-refractivity contribution in [3.8, 4) is 5.69 Å². The molecule has 0 bridgehead atoms. The largest absolute Gasteiger partial charge is 0.418 e. The zero-order valence-corrected chi connectivity index (χ0v) is 13.4. The fourth-order valence-electron chi connectivity index (χ4n) is 3.35. The van der Waals surface area contributed by atoms with E-state index in [1.165, 1.54) is 16.8 Å². The van der Waals surface area contributed by atoms with Crippen molar-refractivity contribution in [1.82, 2.24) is 9.78 Å². The Morgan fingerprint density at radius 1 is 1.33 bits per heavy atom. The van der Waals surface area contributed by atoms with Gasteiger partial charge in [0.25, 0.3) is 0 Å². The Balaban J connectivity index is 1.88. The van der Waals surface area contributed by atoms with Gasteiger partial charge >= 0.3 is 6.18 Å². The molecule has 0 aliphatic carbocycles. The Labute approximate surface area is 141 Å². The maximum Gasteiger partial charge on any atom is 0.418 e. The van der Waals surface area contributed by atoms with Crippen LogP contribution in [0.25, 0.3) is 5.69 Å². The van der Waals surface area contributed by atoms with Gasteiger partial charge in [-0.25, -0.2) is 4.68 Å². The standard InChI is InChI=1S/C16H15ClF3N3O/c17-9-3-4-12(11(8-9)16(18,19)20)23-15-10(5-6-21-15)14(22-23)13-2-1-7-24-13/h3-4,8,13,21H,1-2,5-7H2. The first-order valence-electron chi connectivity index (χ1n) is 7.79. The highest BCUT2D eigenvalue weighted by molar-refractivity contribution is 6.30. The Hall–Kier alpha value is -1.73. The van der Waals surface area contributed by atoms with Gasteiger partial charge in [-0.3, -0.25) is 0 Å². The molecule has 1 unspecified atom stereocenters. The molecule has 1 aromatic heterocycles. The zero-order valence-electron chi connectivity index (χ0n) is 12.7. The number of anilines is 1. The lowest BCUT2D eigenvalue weighted by Gasteiger charge is -2.15. The van der Waals surface area contributed by atoms with Crippen molar-refractivity contribution in [2.75, 3.05) is 18.5 Å². The van der Waals surface area contributed by atoms with Gasteiger partial charge in [-0.15, -0.1) is 0 Å². The summed E-state index contributed by atoms with van der Waals surface area (Å²) in [6, 6.07) is 3.74.